The molecule has 0 unspecified atom stereocenters. The van der Waals surface area contributed by atoms with Gasteiger partial charge in [-0.1, -0.05) is 30.3 Å². The predicted molar refractivity (Wildman–Crippen MR) is 58.5 cm³/mol. The molecule has 0 radical (unpaired) electrons. The monoisotopic (exact) mass is 207 g/mol. The fourth-order valence-corrected chi connectivity index (χ4v) is 1.36. The van der Waals surface area contributed by atoms with Gasteiger partial charge in [-0.2, -0.15) is 0 Å². The summed E-state index contributed by atoms with van der Waals surface area (Å²) in [5.41, 5.74) is 0.929. The second kappa shape index (κ2) is 5.53. The SMILES string of the molecule is CB(O)N[C@@H](Cc1ccccc1)C(=O)O. The van der Waals surface area contributed by atoms with Crippen LogP contribution in [0.5, 0.6) is 0 Å². The second-order valence-electron chi connectivity index (χ2n) is 3.42. The lowest BCUT2D eigenvalue weighted by molar-refractivity contribution is -0.139. The maximum absolute atomic E-state index is 10.9. The summed E-state index contributed by atoms with van der Waals surface area (Å²) < 4.78 is 0. The quantitative estimate of drug-likeness (QED) is 0.610. The third kappa shape index (κ3) is 4.14. The van der Waals surface area contributed by atoms with Crippen molar-refractivity contribution in [3.05, 3.63) is 35.9 Å². The van der Waals surface area contributed by atoms with Crippen LogP contribution in [0, 0.1) is 0 Å². The van der Waals surface area contributed by atoms with E-state index in [0.717, 1.165) is 5.56 Å². The standard InChI is InChI=1S/C10H14BNO3/c1-11(15)12-9(10(13)14)7-8-5-3-2-4-6-8/h2-6,9,12,15H,7H2,1H3,(H,13,14)/t9-/m0/s1. The zero-order valence-electron chi connectivity index (χ0n) is 8.55. The predicted octanol–water partition coefficient (Wildman–Crippen LogP) is 0.382. The maximum Gasteiger partial charge on any atom is 0.374 e. The van der Waals surface area contributed by atoms with Gasteiger partial charge < -0.3 is 15.4 Å². The zero-order valence-corrected chi connectivity index (χ0v) is 8.55. The average Bonchev–Trinajstić information content (AvgIpc) is 2.17. The Hall–Kier alpha value is -1.33. The molecule has 0 aliphatic rings. The van der Waals surface area contributed by atoms with E-state index < -0.39 is 19.1 Å². The Bertz CT molecular complexity index is 316. The van der Waals surface area contributed by atoms with Gasteiger partial charge in [0.15, 0.2) is 0 Å². The van der Waals surface area contributed by atoms with Gasteiger partial charge in [-0.3, -0.25) is 4.79 Å². The Kier molecular flexibility index (Phi) is 4.33. The van der Waals surface area contributed by atoms with Crippen molar-refractivity contribution in [1.82, 2.24) is 5.23 Å². The van der Waals surface area contributed by atoms with E-state index >= 15 is 0 Å². The van der Waals surface area contributed by atoms with Gasteiger partial charge in [-0.05, 0) is 18.8 Å². The fraction of sp³-hybridized carbons (Fsp3) is 0.300. The smallest absolute Gasteiger partial charge is 0.374 e. The second-order valence-corrected chi connectivity index (χ2v) is 3.42. The Morgan fingerprint density at radius 2 is 2.07 bits per heavy atom. The van der Waals surface area contributed by atoms with E-state index in [2.05, 4.69) is 5.23 Å². The van der Waals surface area contributed by atoms with E-state index in [0.29, 0.717) is 6.42 Å². The van der Waals surface area contributed by atoms with Crippen molar-refractivity contribution in [2.45, 2.75) is 19.3 Å². The lowest BCUT2D eigenvalue weighted by atomic mass is 9.86. The largest absolute Gasteiger partial charge is 0.480 e. The summed E-state index contributed by atoms with van der Waals surface area (Å²) in [4.78, 5) is 10.9. The third-order valence-corrected chi connectivity index (χ3v) is 2.02. The van der Waals surface area contributed by atoms with E-state index in [1.807, 2.05) is 30.3 Å². The molecule has 0 spiro atoms. The van der Waals surface area contributed by atoms with E-state index in [1.54, 1.807) is 0 Å². The summed E-state index contributed by atoms with van der Waals surface area (Å²) in [6.45, 7) is 1.50. The number of nitrogens with one attached hydrogen (secondary N) is 1. The highest BCUT2D eigenvalue weighted by Gasteiger charge is 2.20. The van der Waals surface area contributed by atoms with Crippen molar-refractivity contribution in [3.8, 4) is 0 Å². The van der Waals surface area contributed by atoms with Gasteiger partial charge in [0.05, 0.1) is 0 Å². The summed E-state index contributed by atoms with van der Waals surface area (Å²) >= 11 is 0. The molecule has 0 saturated heterocycles. The Morgan fingerprint density at radius 1 is 1.47 bits per heavy atom. The van der Waals surface area contributed by atoms with Gasteiger partial charge in [0, 0.05) is 0 Å². The molecule has 0 aliphatic heterocycles. The molecule has 0 aliphatic carbocycles. The number of hydrogen-bond acceptors (Lipinski definition) is 3. The molecule has 0 aromatic heterocycles. The summed E-state index contributed by atoms with van der Waals surface area (Å²) in [7, 11) is -0.824. The molecule has 0 amide bonds. The van der Waals surface area contributed by atoms with Crippen molar-refractivity contribution < 1.29 is 14.9 Å². The van der Waals surface area contributed by atoms with Crippen LogP contribution in [0.25, 0.3) is 0 Å². The first-order valence-electron chi connectivity index (χ1n) is 4.80. The molecule has 1 atom stereocenters. The lowest BCUT2D eigenvalue weighted by Crippen LogP contribution is -2.46. The van der Waals surface area contributed by atoms with Crippen LogP contribution in [0.15, 0.2) is 30.3 Å². The van der Waals surface area contributed by atoms with Gasteiger partial charge in [0.25, 0.3) is 0 Å². The van der Waals surface area contributed by atoms with Crippen LogP contribution in [-0.2, 0) is 11.2 Å². The van der Waals surface area contributed by atoms with E-state index in [1.165, 1.54) is 6.82 Å². The molecule has 0 fully saturated rings. The van der Waals surface area contributed by atoms with Crippen molar-refractivity contribution in [2.24, 2.45) is 0 Å². The minimum Gasteiger partial charge on any atom is -0.480 e. The molecule has 1 rings (SSSR count). The van der Waals surface area contributed by atoms with Crippen LogP contribution >= 0.6 is 0 Å². The van der Waals surface area contributed by atoms with E-state index in [4.69, 9.17) is 10.1 Å². The van der Waals surface area contributed by atoms with Crippen molar-refractivity contribution >= 4 is 13.0 Å². The molecule has 15 heavy (non-hydrogen) atoms. The molecular weight excluding hydrogens is 193 g/mol. The normalized spacial score (nSPS) is 12.1. The Morgan fingerprint density at radius 3 is 2.53 bits per heavy atom. The van der Waals surface area contributed by atoms with Crippen LogP contribution in [0.1, 0.15) is 5.56 Å². The Balaban J connectivity index is 2.63. The van der Waals surface area contributed by atoms with Crippen LogP contribution in [0.2, 0.25) is 6.82 Å². The van der Waals surface area contributed by atoms with Gasteiger partial charge in [-0.25, -0.2) is 0 Å². The first kappa shape index (κ1) is 11.7. The topological polar surface area (TPSA) is 69.6 Å². The highest BCUT2D eigenvalue weighted by molar-refractivity contribution is 6.46. The van der Waals surface area contributed by atoms with Crippen molar-refractivity contribution in [3.63, 3.8) is 0 Å². The van der Waals surface area contributed by atoms with Crippen LogP contribution in [-0.4, -0.2) is 29.2 Å². The Labute approximate surface area is 89.1 Å². The fourth-order valence-electron chi connectivity index (χ4n) is 1.36. The van der Waals surface area contributed by atoms with Gasteiger partial charge >= 0.3 is 13.0 Å². The first-order chi connectivity index (χ1) is 7.09. The van der Waals surface area contributed by atoms with E-state index in [9.17, 15) is 4.79 Å². The number of benzene rings is 1. The molecule has 1 aromatic carbocycles. The number of carboxylic acids is 1. The van der Waals surface area contributed by atoms with Crippen LogP contribution in [0.3, 0.4) is 0 Å². The molecule has 3 N–H and O–H groups in total. The molecule has 4 nitrogen and oxygen atoms in total. The number of carbonyl (C=O) groups is 1. The summed E-state index contributed by atoms with van der Waals surface area (Å²) in [6.07, 6.45) is 0.362. The minimum absolute atomic E-state index is 0.362. The molecule has 0 bridgehead atoms. The van der Waals surface area contributed by atoms with Crippen LogP contribution in [0.4, 0.5) is 0 Å². The molecular formula is C10H14BNO3. The molecule has 0 saturated carbocycles. The van der Waals surface area contributed by atoms with E-state index in [-0.39, 0.29) is 0 Å². The molecule has 5 heteroatoms. The lowest BCUT2D eigenvalue weighted by Gasteiger charge is -2.14. The molecule has 80 valence electrons. The summed E-state index contributed by atoms with van der Waals surface area (Å²) in [5.74, 6) is -0.959. The zero-order chi connectivity index (χ0) is 11.3. The first-order valence-corrected chi connectivity index (χ1v) is 4.80. The molecule has 1 aromatic rings. The average molecular weight is 207 g/mol. The van der Waals surface area contributed by atoms with Gasteiger partial charge in [0.1, 0.15) is 6.04 Å². The number of carboxylic acid groups (broad SMARTS) is 1. The van der Waals surface area contributed by atoms with Gasteiger partial charge in [-0.15, -0.1) is 0 Å². The number of hydrogen-bond donors (Lipinski definition) is 3. The van der Waals surface area contributed by atoms with Crippen LogP contribution < -0.4 is 5.23 Å². The summed E-state index contributed by atoms with van der Waals surface area (Å²) in [6, 6.07) is 8.56. The number of aliphatic carboxylic acids is 1. The van der Waals surface area contributed by atoms with Crippen molar-refractivity contribution in [1.29, 1.82) is 0 Å². The maximum atomic E-state index is 10.9. The van der Waals surface area contributed by atoms with Crippen molar-refractivity contribution in [2.75, 3.05) is 0 Å². The minimum atomic E-state index is -0.959. The van der Waals surface area contributed by atoms with Gasteiger partial charge in [0.2, 0.25) is 0 Å². The molecule has 0 heterocycles. The number of rotatable bonds is 5. The summed E-state index contributed by atoms with van der Waals surface area (Å²) in [5, 5.41) is 20.6. The third-order valence-electron chi connectivity index (χ3n) is 2.02. The highest BCUT2D eigenvalue weighted by atomic mass is 16.4. The highest BCUT2D eigenvalue weighted by Crippen LogP contribution is 2.03.